The summed E-state index contributed by atoms with van der Waals surface area (Å²) in [6, 6.07) is 0. The zero-order valence-corrected chi connectivity index (χ0v) is 9.88. The predicted octanol–water partition coefficient (Wildman–Crippen LogP) is 2.49. The van der Waals surface area contributed by atoms with Crippen LogP contribution in [0, 0.1) is 0 Å². The van der Waals surface area contributed by atoms with Crippen LogP contribution in [0.4, 0.5) is 0 Å². The number of ether oxygens (including phenoxy) is 3. The van der Waals surface area contributed by atoms with Crippen LogP contribution in [-0.4, -0.2) is 31.2 Å². The summed E-state index contributed by atoms with van der Waals surface area (Å²) in [6.07, 6.45) is 5.53. The van der Waals surface area contributed by atoms with E-state index in [9.17, 15) is 0 Å². The van der Waals surface area contributed by atoms with Gasteiger partial charge in [-0.25, -0.2) is 0 Å². The molecule has 0 radical (unpaired) electrons. The van der Waals surface area contributed by atoms with Crippen LogP contribution in [0.3, 0.4) is 0 Å². The molecule has 0 N–H and O–H groups in total. The van der Waals surface area contributed by atoms with Crippen molar-refractivity contribution in [2.24, 2.45) is 0 Å². The Labute approximate surface area is 92.1 Å². The topological polar surface area (TPSA) is 27.7 Å². The van der Waals surface area contributed by atoms with Crippen molar-refractivity contribution in [2.75, 3.05) is 19.8 Å². The highest BCUT2D eigenvalue weighted by Gasteiger charge is 2.42. The molecule has 2 rings (SSSR count). The van der Waals surface area contributed by atoms with Crippen molar-refractivity contribution in [3.63, 3.8) is 0 Å². The molecule has 3 heteroatoms. The normalized spacial score (nSPS) is 35.6. The Morgan fingerprint density at radius 1 is 1.07 bits per heavy atom. The highest BCUT2D eigenvalue weighted by molar-refractivity contribution is 4.84. The first-order chi connectivity index (χ1) is 7.18. The fourth-order valence-electron chi connectivity index (χ4n) is 2.61. The van der Waals surface area contributed by atoms with Gasteiger partial charge in [0, 0.05) is 6.42 Å². The second-order valence-electron chi connectivity index (χ2n) is 4.95. The third-order valence-electron chi connectivity index (χ3n) is 3.50. The Bertz CT molecular complexity index is 211. The molecule has 15 heavy (non-hydrogen) atoms. The van der Waals surface area contributed by atoms with Gasteiger partial charge < -0.3 is 14.2 Å². The Balaban J connectivity index is 1.96. The van der Waals surface area contributed by atoms with Crippen LogP contribution in [0.2, 0.25) is 0 Å². The molecule has 2 fully saturated rings. The monoisotopic (exact) mass is 214 g/mol. The maximum atomic E-state index is 6.02. The van der Waals surface area contributed by atoms with Gasteiger partial charge in [0.2, 0.25) is 0 Å². The van der Waals surface area contributed by atoms with Crippen molar-refractivity contribution in [1.29, 1.82) is 0 Å². The summed E-state index contributed by atoms with van der Waals surface area (Å²) in [5.74, 6) is -0.411. The van der Waals surface area contributed by atoms with Gasteiger partial charge in [-0.05, 0) is 26.2 Å². The Morgan fingerprint density at radius 3 is 2.47 bits per heavy atom. The van der Waals surface area contributed by atoms with Crippen molar-refractivity contribution < 1.29 is 14.2 Å². The van der Waals surface area contributed by atoms with E-state index in [2.05, 4.69) is 13.8 Å². The minimum absolute atomic E-state index is 0.0353. The summed E-state index contributed by atoms with van der Waals surface area (Å²) in [4.78, 5) is 0. The molecule has 0 aromatic carbocycles. The molecule has 88 valence electrons. The van der Waals surface area contributed by atoms with E-state index in [1.165, 1.54) is 6.42 Å². The van der Waals surface area contributed by atoms with E-state index in [1.807, 2.05) is 0 Å². The lowest BCUT2D eigenvalue weighted by molar-refractivity contribution is -0.208. The molecule has 2 heterocycles. The Hall–Kier alpha value is -0.120. The highest BCUT2D eigenvalue weighted by Crippen LogP contribution is 2.35. The first-order valence-corrected chi connectivity index (χ1v) is 6.10. The molecule has 0 amide bonds. The van der Waals surface area contributed by atoms with E-state index >= 15 is 0 Å². The van der Waals surface area contributed by atoms with Crippen LogP contribution in [0.5, 0.6) is 0 Å². The third kappa shape index (κ3) is 2.52. The second kappa shape index (κ2) is 4.40. The van der Waals surface area contributed by atoms with Crippen LogP contribution in [0.1, 0.15) is 46.0 Å². The Morgan fingerprint density at radius 2 is 1.80 bits per heavy atom. The van der Waals surface area contributed by atoms with Gasteiger partial charge in [-0.15, -0.1) is 0 Å². The summed E-state index contributed by atoms with van der Waals surface area (Å²) >= 11 is 0. The van der Waals surface area contributed by atoms with E-state index in [1.54, 1.807) is 0 Å². The largest absolute Gasteiger partial charge is 0.370 e. The number of hydrogen-bond acceptors (Lipinski definition) is 3. The average Bonchev–Trinajstić information content (AvgIpc) is 2.58. The van der Waals surface area contributed by atoms with Crippen molar-refractivity contribution in [1.82, 2.24) is 0 Å². The van der Waals surface area contributed by atoms with Gasteiger partial charge in [0.05, 0.1) is 18.8 Å². The maximum Gasteiger partial charge on any atom is 0.191 e. The molecule has 2 saturated heterocycles. The zero-order valence-electron chi connectivity index (χ0n) is 9.88. The molecule has 1 spiro atoms. The lowest BCUT2D eigenvalue weighted by atomic mass is 9.94. The quantitative estimate of drug-likeness (QED) is 0.707. The van der Waals surface area contributed by atoms with E-state index in [4.69, 9.17) is 14.2 Å². The molecular weight excluding hydrogens is 192 g/mol. The average molecular weight is 214 g/mol. The molecule has 2 aliphatic heterocycles. The molecule has 3 nitrogen and oxygen atoms in total. The van der Waals surface area contributed by atoms with Crippen LogP contribution in [0.25, 0.3) is 0 Å². The third-order valence-corrected chi connectivity index (χ3v) is 3.50. The summed E-state index contributed by atoms with van der Waals surface area (Å²) in [7, 11) is 0. The minimum atomic E-state index is -0.411. The van der Waals surface area contributed by atoms with Gasteiger partial charge in [0.15, 0.2) is 5.79 Å². The van der Waals surface area contributed by atoms with Crippen LogP contribution >= 0.6 is 0 Å². The predicted molar refractivity (Wildman–Crippen MR) is 57.8 cm³/mol. The SMILES string of the molecule is CCCC1(C)CCCC2(CO1)OCCO2. The fourth-order valence-corrected chi connectivity index (χ4v) is 2.61. The minimum Gasteiger partial charge on any atom is -0.370 e. The maximum absolute atomic E-state index is 6.02. The molecule has 0 aromatic rings. The first kappa shape index (κ1) is 11.4. The van der Waals surface area contributed by atoms with E-state index < -0.39 is 5.79 Å². The molecule has 0 aromatic heterocycles. The van der Waals surface area contributed by atoms with E-state index in [0.717, 1.165) is 25.7 Å². The van der Waals surface area contributed by atoms with Gasteiger partial charge in [-0.1, -0.05) is 13.3 Å². The smallest absolute Gasteiger partial charge is 0.191 e. The van der Waals surface area contributed by atoms with Crippen molar-refractivity contribution >= 4 is 0 Å². The zero-order chi connectivity index (χ0) is 10.8. The summed E-state index contributed by atoms with van der Waals surface area (Å²) in [5.41, 5.74) is 0.0353. The van der Waals surface area contributed by atoms with Crippen molar-refractivity contribution in [2.45, 2.75) is 57.3 Å². The number of rotatable bonds is 2. The van der Waals surface area contributed by atoms with Crippen LogP contribution < -0.4 is 0 Å². The van der Waals surface area contributed by atoms with E-state index in [-0.39, 0.29) is 5.60 Å². The van der Waals surface area contributed by atoms with Crippen LogP contribution in [-0.2, 0) is 14.2 Å². The molecule has 0 aliphatic carbocycles. The lowest BCUT2D eigenvalue weighted by Crippen LogP contribution is -2.37. The molecule has 1 atom stereocenters. The Kier molecular flexibility index (Phi) is 3.33. The highest BCUT2D eigenvalue weighted by atomic mass is 16.8. The van der Waals surface area contributed by atoms with Gasteiger partial charge in [0.1, 0.15) is 6.61 Å². The second-order valence-corrected chi connectivity index (χ2v) is 4.95. The molecule has 2 aliphatic rings. The van der Waals surface area contributed by atoms with Gasteiger partial charge in [0.25, 0.3) is 0 Å². The summed E-state index contributed by atoms with van der Waals surface area (Å²) in [6.45, 7) is 6.45. The van der Waals surface area contributed by atoms with Gasteiger partial charge in [-0.2, -0.15) is 0 Å². The van der Waals surface area contributed by atoms with E-state index in [0.29, 0.717) is 19.8 Å². The fraction of sp³-hybridized carbons (Fsp3) is 1.00. The molecule has 0 bridgehead atoms. The first-order valence-electron chi connectivity index (χ1n) is 6.10. The van der Waals surface area contributed by atoms with Crippen molar-refractivity contribution in [3.05, 3.63) is 0 Å². The molecular formula is C12H22O3. The molecule has 1 unspecified atom stereocenters. The van der Waals surface area contributed by atoms with Gasteiger partial charge in [-0.3, -0.25) is 0 Å². The van der Waals surface area contributed by atoms with Gasteiger partial charge >= 0.3 is 0 Å². The van der Waals surface area contributed by atoms with Crippen LogP contribution in [0.15, 0.2) is 0 Å². The summed E-state index contributed by atoms with van der Waals surface area (Å²) < 4.78 is 17.4. The standard InChI is InChI=1S/C12H22O3/c1-3-5-11(2)6-4-7-12(10-15-11)13-8-9-14-12/h3-10H2,1-2H3. The van der Waals surface area contributed by atoms with Crippen molar-refractivity contribution in [3.8, 4) is 0 Å². The summed E-state index contributed by atoms with van der Waals surface area (Å²) in [5, 5.41) is 0. The molecule has 0 saturated carbocycles. The number of hydrogen-bond donors (Lipinski definition) is 0. The lowest BCUT2D eigenvalue weighted by Gasteiger charge is -2.30.